The largest absolute Gasteiger partial charge is 0.383 e. The predicted octanol–water partition coefficient (Wildman–Crippen LogP) is 3.31. The van der Waals surface area contributed by atoms with Crippen LogP contribution in [0.3, 0.4) is 0 Å². The van der Waals surface area contributed by atoms with Crippen LogP contribution in [0.1, 0.15) is 25.8 Å². The van der Waals surface area contributed by atoms with E-state index < -0.39 is 0 Å². The molecule has 1 heterocycles. The average molecular weight is 297 g/mol. The van der Waals surface area contributed by atoms with Gasteiger partial charge in [0.1, 0.15) is 0 Å². The number of hydrogen-bond donors (Lipinski definition) is 1. The maximum absolute atomic E-state index is 6.41. The van der Waals surface area contributed by atoms with Gasteiger partial charge in [0.25, 0.3) is 0 Å². The van der Waals surface area contributed by atoms with Crippen molar-refractivity contribution in [2.75, 3.05) is 31.7 Å². The number of anilines is 1. The average Bonchev–Trinajstić information content (AvgIpc) is 2.75. The van der Waals surface area contributed by atoms with E-state index in [0.29, 0.717) is 6.04 Å². The minimum absolute atomic E-state index is 0.584. The number of rotatable bonds is 6. The number of ether oxygens (including phenoxy) is 1. The Morgan fingerprint density at radius 1 is 1.40 bits per heavy atom. The zero-order valence-corrected chi connectivity index (χ0v) is 13.4. The van der Waals surface area contributed by atoms with E-state index in [4.69, 9.17) is 16.3 Å². The lowest BCUT2D eigenvalue weighted by molar-refractivity contribution is 0.199. The van der Waals surface area contributed by atoms with Crippen LogP contribution in [0, 0.1) is 5.92 Å². The van der Waals surface area contributed by atoms with Crippen molar-refractivity contribution in [2.24, 2.45) is 5.92 Å². The molecule has 1 fully saturated rings. The summed E-state index contributed by atoms with van der Waals surface area (Å²) in [6, 6.07) is 6.80. The summed E-state index contributed by atoms with van der Waals surface area (Å²) < 4.78 is 5.07. The molecule has 3 nitrogen and oxygen atoms in total. The number of nitrogens with one attached hydrogen (secondary N) is 1. The van der Waals surface area contributed by atoms with Crippen LogP contribution in [-0.4, -0.2) is 32.8 Å². The number of nitrogens with zero attached hydrogens (tertiary/aromatic N) is 1. The second-order valence-electron chi connectivity index (χ2n) is 5.75. The van der Waals surface area contributed by atoms with Crippen LogP contribution in [0.5, 0.6) is 0 Å². The van der Waals surface area contributed by atoms with Gasteiger partial charge < -0.3 is 15.0 Å². The van der Waals surface area contributed by atoms with Crippen molar-refractivity contribution in [2.45, 2.75) is 32.9 Å². The Bertz CT molecular complexity index is 438. The first-order chi connectivity index (χ1) is 9.63. The molecule has 0 amide bonds. The summed E-state index contributed by atoms with van der Waals surface area (Å²) in [5.41, 5.74) is 2.48. The molecule has 2 atom stereocenters. The quantitative estimate of drug-likeness (QED) is 0.815. The molecule has 0 aliphatic carbocycles. The lowest BCUT2D eigenvalue weighted by atomic mass is 10.1. The Morgan fingerprint density at radius 3 is 2.85 bits per heavy atom. The highest BCUT2D eigenvalue weighted by atomic mass is 35.5. The van der Waals surface area contributed by atoms with E-state index in [-0.39, 0.29) is 0 Å². The Kier molecular flexibility index (Phi) is 5.70. The molecule has 20 heavy (non-hydrogen) atoms. The van der Waals surface area contributed by atoms with Gasteiger partial charge in [0.05, 0.1) is 6.61 Å². The molecule has 112 valence electrons. The highest BCUT2D eigenvalue weighted by Crippen LogP contribution is 2.34. The molecule has 1 aliphatic rings. The molecular weight excluding hydrogens is 272 g/mol. The van der Waals surface area contributed by atoms with Crippen LogP contribution in [-0.2, 0) is 11.3 Å². The topological polar surface area (TPSA) is 24.5 Å². The molecule has 1 aromatic rings. The van der Waals surface area contributed by atoms with Crippen molar-refractivity contribution in [1.82, 2.24) is 5.32 Å². The van der Waals surface area contributed by atoms with Crippen molar-refractivity contribution < 1.29 is 4.74 Å². The van der Waals surface area contributed by atoms with Gasteiger partial charge in [-0.2, -0.15) is 0 Å². The van der Waals surface area contributed by atoms with E-state index in [1.54, 1.807) is 7.11 Å². The molecule has 0 bridgehead atoms. The van der Waals surface area contributed by atoms with Crippen LogP contribution in [0.25, 0.3) is 0 Å². The van der Waals surface area contributed by atoms with Crippen LogP contribution in [0.2, 0.25) is 5.02 Å². The molecule has 2 unspecified atom stereocenters. The first-order valence-corrected chi connectivity index (χ1v) is 7.75. The van der Waals surface area contributed by atoms with Gasteiger partial charge >= 0.3 is 0 Å². The Balaban J connectivity index is 2.13. The molecule has 0 spiro atoms. The summed E-state index contributed by atoms with van der Waals surface area (Å²) in [5.74, 6) is 0.748. The fourth-order valence-electron chi connectivity index (χ4n) is 3.01. The zero-order chi connectivity index (χ0) is 14.5. The number of methoxy groups -OCH3 is 1. The van der Waals surface area contributed by atoms with Gasteiger partial charge in [-0.05, 0) is 31.4 Å². The molecule has 0 radical (unpaired) electrons. The van der Waals surface area contributed by atoms with E-state index in [0.717, 1.165) is 37.2 Å². The van der Waals surface area contributed by atoms with E-state index in [9.17, 15) is 0 Å². The zero-order valence-electron chi connectivity index (χ0n) is 12.7. The van der Waals surface area contributed by atoms with Crippen LogP contribution in [0.4, 0.5) is 5.69 Å². The molecule has 1 aliphatic heterocycles. The molecular formula is C16H25ClN2O. The minimum atomic E-state index is 0.584. The van der Waals surface area contributed by atoms with Crippen LogP contribution < -0.4 is 10.2 Å². The third-order valence-corrected chi connectivity index (χ3v) is 4.33. The SMILES string of the molecule is COCCNCc1c(Cl)cccc1N1CC(C)CC1C. The van der Waals surface area contributed by atoms with Crippen molar-refractivity contribution in [1.29, 1.82) is 0 Å². The summed E-state index contributed by atoms with van der Waals surface area (Å²) in [5, 5.41) is 4.24. The van der Waals surface area contributed by atoms with Crippen LogP contribution >= 0.6 is 11.6 Å². The smallest absolute Gasteiger partial charge is 0.0587 e. The van der Waals surface area contributed by atoms with E-state index >= 15 is 0 Å². The summed E-state index contributed by atoms with van der Waals surface area (Å²) >= 11 is 6.41. The van der Waals surface area contributed by atoms with Gasteiger partial charge in [-0.25, -0.2) is 0 Å². The lowest BCUT2D eigenvalue weighted by Crippen LogP contribution is -2.29. The second kappa shape index (κ2) is 7.30. The van der Waals surface area contributed by atoms with Crippen LogP contribution in [0.15, 0.2) is 18.2 Å². The normalized spacial score (nSPS) is 22.5. The maximum Gasteiger partial charge on any atom is 0.0587 e. The summed E-state index contributed by atoms with van der Waals surface area (Å²) in [7, 11) is 1.72. The highest BCUT2D eigenvalue weighted by Gasteiger charge is 2.28. The Labute approximate surface area is 127 Å². The second-order valence-corrected chi connectivity index (χ2v) is 6.16. The van der Waals surface area contributed by atoms with Gasteiger partial charge in [0, 0.05) is 49.1 Å². The summed E-state index contributed by atoms with van der Waals surface area (Å²) in [6.07, 6.45) is 1.25. The molecule has 4 heteroatoms. The van der Waals surface area contributed by atoms with E-state index in [2.05, 4.69) is 30.1 Å². The third-order valence-electron chi connectivity index (χ3n) is 3.97. The highest BCUT2D eigenvalue weighted by molar-refractivity contribution is 6.31. The maximum atomic E-state index is 6.41. The van der Waals surface area contributed by atoms with Gasteiger partial charge in [-0.1, -0.05) is 24.6 Å². The standard InChI is InChI=1S/C16H25ClN2O/c1-12-9-13(2)19(11-12)16-6-4-5-15(17)14(16)10-18-7-8-20-3/h4-6,12-13,18H,7-11H2,1-3H3. The molecule has 0 saturated carbocycles. The fraction of sp³-hybridized carbons (Fsp3) is 0.625. The lowest BCUT2D eigenvalue weighted by Gasteiger charge is -2.27. The summed E-state index contributed by atoms with van der Waals surface area (Å²) in [4.78, 5) is 2.49. The number of halogens is 1. The van der Waals surface area contributed by atoms with E-state index in [1.807, 2.05) is 12.1 Å². The molecule has 1 aromatic carbocycles. The van der Waals surface area contributed by atoms with E-state index in [1.165, 1.54) is 17.7 Å². The van der Waals surface area contributed by atoms with Crippen molar-refractivity contribution >= 4 is 17.3 Å². The molecule has 1 N–H and O–H groups in total. The summed E-state index contributed by atoms with van der Waals surface area (Å²) in [6.45, 7) is 8.08. The van der Waals surface area contributed by atoms with Gasteiger partial charge in [0.2, 0.25) is 0 Å². The third kappa shape index (κ3) is 3.66. The number of benzene rings is 1. The molecule has 1 saturated heterocycles. The predicted molar refractivity (Wildman–Crippen MR) is 85.6 cm³/mol. The monoisotopic (exact) mass is 296 g/mol. The van der Waals surface area contributed by atoms with Crippen molar-refractivity contribution in [3.63, 3.8) is 0 Å². The molecule has 2 rings (SSSR count). The van der Waals surface area contributed by atoms with Gasteiger partial charge in [-0.15, -0.1) is 0 Å². The first kappa shape index (κ1) is 15.6. The molecule has 0 aromatic heterocycles. The van der Waals surface area contributed by atoms with Gasteiger partial charge in [0.15, 0.2) is 0 Å². The van der Waals surface area contributed by atoms with Gasteiger partial charge in [-0.3, -0.25) is 0 Å². The fourth-order valence-corrected chi connectivity index (χ4v) is 3.25. The minimum Gasteiger partial charge on any atom is -0.383 e. The Morgan fingerprint density at radius 2 is 2.20 bits per heavy atom. The Hall–Kier alpha value is -0.770. The number of hydrogen-bond acceptors (Lipinski definition) is 3. The first-order valence-electron chi connectivity index (χ1n) is 7.37. The van der Waals surface area contributed by atoms with Crippen molar-refractivity contribution in [3.8, 4) is 0 Å². The van der Waals surface area contributed by atoms with Crippen molar-refractivity contribution in [3.05, 3.63) is 28.8 Å².